The lowest BCUT2D eigenvalue weighted by Crippen LogP contribution is -2.08. The Labute approximate surface area is 159 Å². The highest BCUT2D eigenvalue weighted by atomic mass is 32.1. The van der Waals surface area contributed by atoms with Crippen molar-refractivity contribution in [1.82, 2.24) is 4.98 Å². The van der Waals surface area contributed by atoms with Crippen LogP contribution < -0.4 is 15.0 Å². The van der Waals surface area contributed by atoms with E-state index in [1.54, 1.807) is 38.5 Å². The van der Waals surface area contributed by atoms with Crippen LogP contribution in [0.25, 0.3) is 32.5 Å². The molecule has 0 aliphatic rings. The predicted molar refractivity (Wildman–Crippen MR) is 108 cm³/mol. The van der Waals surface area contributed by atoms with E-state index >= 15 is 0 Å². The van der Waals surface area contributed by atoms with Crippen molar-refractivity contribution in [2.45, 2.75) is 0 Å². The molecule has 6 heteroatoms. The molecule has 0 aliphatic carbocycles. The minimum Gasteiger partial charge on any atom is -0.506 e. The maximum atomic E-state index is 12.6. The Kier molecular flexibility index (Phi) is 4.33. The Bertz CT molecular complexity index is 1160. The van der Waals surface area contributed by atoms with Crippen molar-refractivity contribution in [2.24, 2.45) is 0 Å². The van der Waals surface area contributed by atoms with Crippen LogP contribution >= 0.6 is 11.3 Å². The van der Waals surface area contributed by atoms with E-state index in [9.17, 15) is 9.90 Å². The average molecular weight is 379 g/mol. The zero-order chi connectivity index (χ0) is 19.0. The topological polar surface area (TPSA) is 71.5 Å². The number of hydrogen-bond acceptors (Lipinski definition) is 5. The fourth-order valence-corrected chi connectivity index (χ4v) is 4.06. The number of ether oxygens (including phenoxy) is 2. The molecule has 2 N–H and O–H groups in total. The van der Waals surface area contributed by atoms with Crippen LogP contribution in [0.15, 0.2) is 58.7 Å². The zero-order valence-corrected chi connectivity index (χ0v) is 15.6. The van der Waals surface area contributed by atoms with Gasteiger partial charge in [0, 0.05) is 10.9 Å². The van der Waals surface area contributed by atoms with Gasteiger partial charge in [-0.05, 0) is 35.4 Å². The number of nitrogens with one attached hydrogen (secondary N) is 1. The first-order valence-corrected chi connectivity index (χ1v) is 9.15. The van der Waals surface area contributed by atoms with Gasteiger partial charge >= 0.3 is 0 Å². The van der Waals surface area contributed by atoms with Crippen molar-refractivity contribution in [2.75, 3.05) is 14.2 Å². The molecular weight excluding hydrogens is 362 g/mol. The van der Waals surface area contributed by atoms with Crippen LogP contribution in [0.1, 0.15) is 0 Å². The van der Waals surface area contributed by atoms with Gasteiger partial charge in [0.25, 0.3) is 5.56 Å². The third kappa shape index (κ3) is 2.94. The van der Waals surface area contributed by atoms with Gasteiger partial charge in [-0.3, -0.25) is 4.79 Å². The fraction of sp³-hybridized carbons (Fsp3) is 0.0952. The van der Waals surface area contributed by atoms with Gasteiger partial charge in [0.15, 0.2) is 0 Å². The van der Waals surface area contributed by atoms with E-state index < -0.39 is 0 Å². The Morgan fingerprint density at radius 2 is 1.44 bits per heavy atom. The van der Waals surface area contributed by atoms with E-state index in [1.165, 1.54) is 11.3 Å². The quantitative estimate of drug-likeness (QED) is 0.542. The molecule has 0 unspecified atom stereocenters. The summed E-state index contributed by atoms with van der Waals surface area (Å²) in [5, 5.41) is 13.5. The molecule has 2 aromatic heterocycles. The largest absolute Gasteiger partial charge is 0.506 e. The van der Waals surface area contributed by atoms with E-state index in [4.69, 9.17) is 9.47 Å². The van der Waals surface area contributed by atoms with E-state index in [0.29, 0.717) is 21.5 Å². The molecule has 0 saturated carbocycles. The summed E-state index contributed by atoms with van der Waals surface area (Å²) in [6.45, 7) is 0. The molecular formula is C21H17NO4S. The molecule has 0 amide bonds. The van der Waals surface area contributed by atoms with Crippen LogP contribution in [0.3, 0.4) is 0 Å². The van der Waals surface area contributed by atoms with E-state index in [-0.39, 0.29) is 16.9 Å². The predicted octanol–water partition coefficient (Wildman–Crippen LogP) is 4.65. The molecule has 0 spiro atoms. The molecule has 0 fully saturated rings. The normalized spacial score (nSPS) is 10.9. The second-order valence-electron chi connectivity index (χ2n) is 5.99. The minimum atomic E-state index is -0.326. The molecule has 5 nitrogen and oxygen atoms in total. The third-order valence-corrected chi connectivity index (χ3v) is 5.39. The standard InChI is InChI=1S/C21H17NO4S/c1-25-14-7-3-12(4-8-14)16-11-27-21-18(16)19(23)17(20(24)22-21)13-5-9-15(26-2)10-6-13/h3-11H,1-2H3,(H2,22,23,24). The number of aromatic amines is 1. The number of pyridine rings is 1. The van der Waals surface area contributed by atoms with Gasteiger partial charge in [-0.2, -0.15) is 0 Å². The number of thiophene rings is 1. The van der Waals surface area contributed by atoms with Gasteiger partial charge in [-0.15, -0.1) is 11.3 Å². The molecule has 2 heterocycles. The Hall–Kier alpha value is -3.25. The van der Waals surface area contributed by atoms with Gasteiger partial charge in [-0.1, -0.05) is 24.3 Å². The summed E-state index contributed by atoms with van der Waals surface area (Å²) < 4.78 is 10.4. The first kappa shape index (κ1) is 17.2. The number of hydrogen-bond donors (Lipinski definition) is 2. The van der Waals surface area contributed by atoms with Crippen LogP contribution in [0.2, 0.25) is 0 Å². The minimum absolute atomic E-state index is 0.0222. The second kappa shape index (κ2) is 6.81. The van der Waals surface area contributed by atoms with Gasteiger partial charge in [-0.25, -0.2) is 0 Å². The SMILES string of the molecule is COc1ccc(-c2c(O)c3c(-c4ccc(OC)cc4)csc3[nH]c2=O)cc1. The fourth-order valence-electron chi connectivity index (χ4n) is 3.09. The highest BCUT2D eigenvalue weighted by Gasteiger charge is 2.19. The molecule has 0 saturated heterocycles. The summed E-state index contributed by atoms with van der Waals surface area (Å²) in [7, 11) is 3.20. The number of aromatic nitrogens is 1. The number of H-pyrrole nitrogens is 1. The van der Waals surface area contributed by atoms with E-state index in [2.05, 4.69) is 4.98 Å². The third-order valence-electron chi connectivity index (χ3n) is 4.50. The lowest BCUT2D eigenvalue weighted by Gasteiger charge is -2.08. The number of aromatic hydroxyl groups is 1. The molecule has 136 valence electrons. The van der Waals surface area contributed by atoms with Crippen molar-refractivity contribution in [3.05, 3.63) is 64.3 Å². The summed E-state index contributed by atoms with van der Waals surface area (Å²) in [6, 6.07) is 14.6. The first-order chi connectivity index (χ1) is 13.1. The molecule has 4 rings (SSSR count). The number of methoxy groups -OCH3 is 2. The monoisotopic (exact) mass is 379 g/mol. The van der Waals surface area contributed by atoms with Crippen LogP contribution in [-0.2, 0) is 0 Å². The number of rotatable bonds is 4. The summed E-state index contributed by atoms with van der Waals surface area (Å²) in [5.41, 5.74) is 2.35. The lowest BCUT2D eigenvalue weighted by atomic mass is 10.0. The smallest absolute Gasteiger partial charge is 0.260 e. The van der Waals surface area contributed by atoms with Crippen LogP contribution in [0.4, 0.5) is 0 Å². The highest BCUT2D eigenvalue weighted by Crippen LogP contribution is 2.41. The molecule has 0 atom stereocenters. The highest BCUT2D eigenvalue weighted by molar-refractivity contribution is 7.17. The van der Waals surface area contributed by atoms with Crippen molar-refractivity contribution in [1.29, 1.82) is 0 Å². The number of fused-ring (bicyclic) bond motifs is 1. The maximum absolute atomic E-state index is 12.6. The Morgan fingerprint density at radius 3 is 2.00 bits per heavy atom. The second-order valence-corrected chi connectivity index (χ2v) is 6.87. The van der Waals surface area contributed by atoms with E-state index in [1.807, 2.05) is 29.6 Å². The van der Waals surface area contributed by atoms with Crippen molar-refractivity contribution in [3.8, 4) is 39.5 Å². The molecule has 27 heavy (non-hydrogen) atoms. The van der Waals surface area contributed by atoms with E-state index in [0.717, 1.165) is 16.9 Å². The average Bonchev–Trinajstić information content (AvgIpc) is 3.12. The molecule has 0 aliphatic heterocycles. The summed E-state index contributed by atoms with van der Waals surface area (Å²) in [4.78, 5) is 16.1. The molecule has 2 aromatic carbocycles. The molecule has 0 radical (unpaired) electrons. The summed E-state index contributed by atoms with van der Waals surface area (Å²) in [5.74, 6) is 1.42. The van der Waals surface area contributed by atoms with Gasteiger partial charge in [0.2, 0.25) is 0 Å². The lowest BCUT2D eigenvalue weighted by molar-refractivity contribution is 0.414. The van der Waals surface area contributed by atoms with Gasteiger partial charge in [0.1, 0.15) is 22.1 Å². The van der Waals surface area contributed by atoms with Crippen molar-refractivity contribution < 1.29 is 14.6 Å². The zero-order valence-electron chi connectivity index (χ0n) is 14.8. The summed E-state index contributed by atoms with van der Waals surface area (Å²) >= 11 is 1.39. The maximum Gasteiger partial charge on any atom is 0.260 e. The van der Waals surface area contributed by atoms with Crippen molar-refractivity contribution in [3.63, 3.8) is 0 Å². The van der Waals surface area contributed by atoms with Gasteiger partial charge < -0.3 is 19.6 Å². The Morgan fingerprint density at radius 1 is 0.889 bits per heavy atom. The van der Waals surface area contributed by atoms with Crippen molar-refractivity contribution >= 4 is 21.6 Å². The van der Waals surface area contributed by atoms with Crippen LogP contribution in [-0.4, -0.2) is 24.3 Å². The summed E-state index contributed by atoms with van der Waals surface area (Å²) in [6.07, 6.45) is 0. The molecule has 0 bridgehead atoms. The van der Waals surface area contributed by atoms with Gasteiger partial charge in [0.05, 0.1) is 25.2 Å². The van der Waals surface area contributed by atoms with Crippen LogP contribution in [0.5, 0.6) is 17.2 Å². The number of benzene rings is 2. The molecule has 4 aromatic rings. The Balaban J connectivity index is 1.92. The van der Waals surface area contributed by atoms with Crippen LogP contribution in [0, 0.1) is 0 Å². The first-order valence-electron chi connectivity index (χ1n) is 8.27.